The van der Waals surface area contributed by atoms with Crippen LogP contribution in [0.15, 0.2) is 18.6 Å². The van der Waals surface area contributed by atoms with Crippen molar-refractivity contribution in [3.8, 4) is 0 Å². The third-order valence-electron chi connectivity index (χ3n) is 3.46. The van der Waals surface area contributed by atoms with Crippen LogP contribution in [0.4, 0.5) is 0 Å². The minimum Gasteiger partial charge on any atom is -0.314 e. The lowest BCUT2D eigenvalue weighted by Crippen LogP contribution is -2.39. The van der Waals surface area contributed by atoms with Crippen molar-refractivity contribution in [1.29, 1.82) is 0 Å². The molecule has 1 saturated heterocycles. The molecule has 0 bridgehead atoms. The molecule has 4 heteroatoms. The number of aromatic nitrogens is 2. The summed E-state index contributed by atoms with van der Waals surface area (Å²) in [5.74, 6) is 0.850. The van der Waals surface area contributed by atoms with Crippen molar-refractivity contribution in [2.24, 2.45) is 5.92 Å². The van der Waals surface area contributed by atoms with Gasteiger partial charge in [0.15, 0.2) is 5.78 Å². The van der Waals surface area contributed by atoms with Crippen molar-refractivity contribution in [2.45, 2.75) is 38.6 Å². The van der Waals surface area contributed by atoms with Crippen molar-refractivity contribution in [3.63, 3.8) is 0 Å². The van der Waals surface area contributed by atoms with Gasteiger partial charge in [0.25, 0.3) is 0 Å². The number of hydrogen-bond donors (Lipinski definition) is 1. The molecule has 0 saturated carbocycles. The van der Waals surface area contributed by atoms with Gasteiger partial charge < -0.3 is 5.32 Å². The highest BCUT2D eigenvalue weighted by molar-refractivity contribution is 5.94. The van der Waals surface area contributed by atoms with Crippen LogP contribution in [0.1, 0.15) is 43.1 Å². The highest BCUT2D eigenvalue weighted by Gasteiger charge is 2.23. The molecule has 17 heavy (non-hydrogen) atoms. The van der Waals surface area contributed by atoms with Gasteiger partial charge in [-0.3, -0.25) is 9.78 Å². The first-order chi connectivity index (χ1) is 8.29. The molecule has 1 aliphatic rings. The van der Waals surface area contributed by atoms with E-state index in [4.69, 9.17) is 0 Å². The molecule has 2 atom stereocenters. The SMILES string of the molecule is CCC1CCNC(CC(=O)c2cnccn2)C1. The van der Waals surface area contributed by atoms with E-state index >= 15 is 0 Å². The zero-order chi connectivity index (χ0) is 12.1. The summed E-state index contributed by atoms with van der Waals surface area (Å²) in [6.45, 7) is 3.24. The van der Waals surface area contributed by atoms with Gasteiger partial charge in [-0.2, -0.15) is 0 Å². The van der Waals surface area contributed by atoms with E-state index in [1.165, 1.54) is 12.8 Å². The molecular formula is C13H19N3O. The largest absolute Gasteiger partial charge is 0.314 e. The Morgan fingerprint density at radius 3 is 3.12 bits per heavy atom. The first kappa shape index (κ1) is 12.2. The average Bonchev–Trinajstić information content (AvgIpc) is 2.40. The molecule has 1 fully saturated rings. The lowest BCUT2D eigenvalue weighted by atomic mass is 9.88. The summed E-state index contributed by atoms with van der Waals surface area (Å²) in [6.07, 6.45) is 8.77. The van der Waals surface area contributed by atoms with E-state index in [0.29, 0.717) is 18.2 Å². The second-order valence-corrected chi connectivity index (χ2v) is 4.67. The summed E-state index contributed by atoms with van der Waals surface area (Å²) >= 11 is 0. The van der Waals surface area contributed by atoms with Gasteiger partial charge in [-0.05, 0) is 25.3 Å². The molecular weight excluding hydrogens is 214 g/mol. The Bertz CT molecular complexity index is 366. The second kappa shape index (κ2) is 5.87. The number of carbonyl (C=O) groups excluding carboxylic acids is 1. The molecule has 1 aliphatic heterocycles. The second-order valence-electron chi connectivity index (χ2n) is 4.67. The first-order valence-electron chi connectivity index (χ1n) is 6.32. The minimum atomic E-state index is 0.0901. The Hall–Kier alpha value is -1.29. The Labute approximate surface area is 102 Å². The van der Waals surface area contributed by atoms with Crippen LogP contribution in [0.25, 0.3) is 0 Å². The number of ketones is 1. The zero-order valence-corrected chi connectivity index (χ0v) is 10.2. The van der Waals surface area contributed by atoms with Crippen LogP contribution in [0.5, 0.6) is 0 Å². The monoisotopic (exact) mass is 233 g/mol. The molecule has 2 heterocycles. The molecule has 0 amide bonds. The van der Waals surface area contributed by atoms with Crippen LogP contribution in [-0.2, 0) is 0 Å². The summed E-state index contributed by atoms with van der Waals surface area (Å²) < 4.78 is 0. The fourth-order valence-corrected chi connectivity index (χ4v) is 2.39. The smallest absolute Gasteiger partial charge is 0.184 e. The summed E-state index contributed by atoms with van der Waals surface area (Å²) in [6, 6.07) is 0.309. The van der Waals surface area contributed by atoms with Crippen LogP contribution >= 0.6 is 0 Å². The third-order valence-corrected chi connectivity index (χ3v) is 3.46. The molecule has 0 aliphatic carbocycles. The Morgan fingerprint density at radius 2 is 2.41 bits per heavy atom. The van der Waals surface area contributed by atoms with Gasteiger partial charge in [-0.1, -0.05) is 13.3 Å². The van der Waals surface area contributed by atoms with Crippen molar-refractivity contribution in [1.82, 2.24) is 15.3 Å². The van der Waals surface area contributed by atoms with Gasteiger partial charge >= 0.3 is 0 Å². The Kier molecular flexibility index (Phi) is 4.20. The number of Topliss-reactive ketones (excluding diaryl/α,β-unsaturated/α-hetero) is 1. The highest BCUT2D eigenvalue weighted by atomic mass is 16.1. The van der Waals surface area contributed by atoms with Crippen LogP contribution in [0, 0.1) is 5.92 Å². The Morgan fingerprint density at radius 1 is 1.53 bits per heavy atom. The maximum absolute atomic E-state index is 12.0. The molecule has 1 aromatic rings. The molecule has 1 aromatic heterocycles. The van der Waals surface area contributed by atoms with Gasteiger partial charge in [0.05, 0.1) is 6.20 Å². The van der Waals surface area contributed by atoms with Gasteiger partial charge in [0.2, 0.25) is 0 Å². The maximum Gasteiger partial charge on any atom is 0.184 e. The van der Waals surface area contributed by atoms with Gasteiger partial charge in [0, 0.05) is 24.9 Å². The summed E-state index contributed by atoms with van der Waals surface area (Å²) in [5.41, 5.74) is 0.480. The maximum atomic E-state index is 12.0. The van der Waals surface area contributed by atoms with Gasteiger partial charge in [-0.25, -0.2) is 4.98 Å². The number of nitrogens with one attached hydrogen (secondary N) is 1. The number of piperidine rings is 1. The van der Waals surface area contributed by atoms with E-state index in [1.807, 2.05) is 0 Å². The predicted molar refractivity (Wildman–Crippen MR) is 65.8 cm³/mol. The van der Waals surface area contributed by atoms with E-state index in [1.54, 1.807) is 18.6 Å². The van der Waals surface area contributed by atoms with Crippen molar-refractivity contribution >= 4 is 5.78 Å². The quantitative estimate of drug-likeness (QED) is 0.806. The molecule has 0 radical (unpaired) electrons. The lowest BCUT2D eigenvalue weighted by molar-refractivity contribution is 0.0952. The molecule has 2 rings (SSSR count). The van der Waals surface area contributed by atoms with Crippen LogP contribution in [-0.4, -0.2) is 28.3 Å². The molecule has 1 N–H and O–H groups in total. The fraction of sp³-hybridized carbons (Fsp3) is 0.615. The highest BCUT2D eigenvalue weighted by Crippen LogP contribution is 2.21. The van der Waals surface area contributed by atoms with E-state index in [0.717, 1.165) is 18.9 Å². The first-order valence-corrected chi connectivity index (χ1v) is 6.32. The molecule has 0 aromatic carbocycles. The van der Waals surface area contributed by atoms with Crippen molar-refractivity contribution in [3.05, 3.63) is 24.3 Å². The van der Waals surface area contributed by atoms with E-state index < -0.39 is 0 Å². The molecule has 92 valence electrons. The van der Waals surface area contributed by atoms with Crippen LogP contribution in [0.3, 0.4) is 0 Å². The van der Waals surface area contributed by atoms with E-state index in [2.05, 4.69) is 22.2 Å². The van der Waals surface area contributed by atoms with Crippen LogP contribution < -0.4 is 5.32 Å². The number of carbonyl (C=O) groups is 1. The Balaban J connectivity index is 1.90. The molecule has 0 spiro atoms. The van der Waals surface area contributed by atoms with Crippen molar-refractivity contribution < 1.29 is 4.79 Å². The number of rotatable bonds is 4. The zero-order valence-electron chi connectivity index (χ0n) is 10.2. The molecule has 4 nitrogen and oxygen atoms in total. The van der Waals surface area contributed by atoms with E-state index in [-0.39, 0.29) is 5.78 Å². The third kappa shape index (κ3) is 3.33. The predicted octanol–water partition coefficient (Wildman–Crippen LogP) is 1.83. The topological polar surface area (TPSA) is 54.9 Å². The van der Waals surface area contributed by atoms with Crippen LogP contribution in [0.2, 0.25) is 0 Å². The lowest BCUT2D eigenvalue weighted by Gasteiger charge is -2.29. The summed E-state index contributed by atoms with van der Waals surface area (Å²) in [4.78, 5) is 19.9. The summed E-state index contributed by atoms with van der Waals surface area (Å²) in [5, 5.41) is 3.42. The fourth-order valence-electron chi connectivity index (χ4n) is 2.39. The van der Waals surface area contributed by atoms with Gasteiger partial charge in [-0.15, -0.1) is 0 Å². The summed E-state index contributed by atoms with van der Waals surface area (Å²) in [7, 11) is 0. The normalized spacial score (nSPS) is 24.5. The van der Waals surface area contributed by atoms with E-state index in [9.17, 15) is 4.79 Å². The number of nitrogens with zero attached hydrogens (tertiary/aromatic N) is 2. The van der Waals surface area contributed by atoms with Gasteiger partial charge in [0.1, 0.15) is 5.69 Å². The standard InChI is InChI=1S/C13H19N3O/c1-2-10-3-4-15-11(7-10)8-13(17)12-9-14-5-6-16-12/h5-6,9-11,15H,2-4,7-8H2,1H3. The average molecular weight is 233 g/mol. The number of hydrogen-bond acceptors (Lipinski definition) is 4. The van der Waals surface area contributed by atoms with Crippen molar-refractivity contribution in [2.75, 3.05) is 6.54 Å². The minimum absolute atomic E-state index is 0.0901. The molecule has 2 unspecified atom stereocenters.